The van der Waals surface area contributed by atoms with Crippen LogP contribution in [0.15, 0.2) is 87.2 Å². The second kappa shape index (κ2) is 9.67. The predicted molar refractivity (Wildman–Crippen MR) is 143 cm³/mol. The van der Waals surface area contributed by atoms with Crippen molar-refractivity contribution in [1.82, 2.24) is 4.57 Å². The Labute approximate surface area is 228 Å². The number of nitro benzene ring substituents is 1. The number of furan rings is 1. The minimum absolute atomic E-state index is 0.168. The summed E-state index contributed by atoms with van der Waals surface area (Å²) in [5.74, 6) is -2.60. The van der Waals surface area contributed by atoms with Gasteiger partial charge in [-0.1, -0.05) is 41.3 Å². The fourth-order valence-electron chi connectivity index (χ4n) is 4.87. The topological polar surface area (TPSA) is 145 Å². The molecular weight excluding hydrogens is 544 g/mol. The van der Waals surface area contributed by atoms with E-state index in [1.165, 1.54) is 35.1 Å². The molecule has 2 aromatic heterocycles. The summed E-state index contributed by atoms with van der Waals surface area (Å²) in [7, 11) is 0. The first-order valence-electron chi connectivity index (χ1n) is 11.7. The summed E-state index contributed by atoms with van der Waals surface area (Å²) in [6.45, 7) is -0.275. The number of amides is 3. The van der Waals surface area contributed by atoms with Crippen LogP contribution in [0.25, 0.3) is 0 Å². The molecule has 4 heterocycles. The second-order valence-corrected chi connectivity index (χ2v) is 11.0. The van der Waals surface area contributed by atoms with E-state index in [9.17, 15) is 29.3 Å². The molecule has 39 heavy (non-hydrogen) atoms. The summed E-state index contributed by atoms with van der Waals surface area (Å²) in [5.41, 5.74) is 0.626. The molecular formula is C26H18N4O7S2. The number of aromatic nitrogens is 1. The van der Waals surface area contributed by atoms with Crippen molar-refractivity contribution in [3.63, 3.8) is 0 Å². The Kier molecular flexibility index (Phi) is 6.16. The number of hydrogen-bond donors (Lipinski definition) is 1. The van der Waals surface area contributed by atoms with Gasteiger partial charge in [0.1, 0.15) is 17.6 Å². The minimum Gasteiger partial charge on any atom is -0.469 e. The molecule has 196 valence electrons. The maximum Gasteiger partial charge on any atom is 0.308 e. The van der Waals surface area contributed by atoms with Crippen molar-refractivity contribution in [2.45, 2.75) is 22.7 Å². The molecule has 0 aliphatic carbocycles. The zero-order valence-electron chi connectivity index (χ0n) is 19.9. The van der Waals surface area contributed by atoms with Crippen LogP contribution in [0.2, 0.25) is 0 Å². The normalized spacial score (nSPS) is 20.0. The number of non-ortho nitro benzene ring substituents is 1. The average molecular weight is 563 g/mol. The number of thiazole rings is 1. The molecule has 11 nitrogen and oxygen atoms in total. The smallest absolute Gasteiger partial charge is 0.308 e. The van der Waals surface area contributed by atoms with Gasteiger partial charge in [-0.15, -0.1) is 0 Å². The summed E-state index contributed by atoms with van der Waals surface area (Å²) in [6.07, 6.45) is 1.45. The second-order valence-electron chi connectivity index (χ2n) is 8.88. The molecule has 2 aromatic carbocycles. The van der Waals surface area contributed by atoms with Crippen LogP contribution in [0.4, 0.5) is 17.1 Å². The van der Waals surface area contributed by atoms with Gasteiger partial charge in [0, 0.05) is 17.8 Å². The number of benzene rings is 2. The van der Waals surface area contributed by atoms with E-state index in [4.69, 9.17) is 4.42 Å². The lowest BCUT2D eigenvalue weighted by Gasteiger charge is -2.29. The van der Waals surface area contributed by atoms with Crippen molar-refractivity contribution in [2.75, 3.05) is 10.2 Å². The summed E-state index contributed by atoms with van der Waals surface area (Å²) in [4.78, 5) is 64.9. The van der Waals surface area contributed by atoms with Crippen LogP contribution in [0.3, 0.4) is 0 Å². The number of thioether (sulfide) groups is 1. The first-order valence-corrected chi connectivity index (χ1v) is 13.4. The van der Waals surface area contributed by atoms with Crippen molar-refractivity contribution in [2.24, 2.45) is 5.92 Å². The number of rotatable bonds is 6. The molecule has 1 saturated heterocycles. The van der Waals surface area contributed by atoms with Gasteiger partial charge >= 0.3 is 4.87 Å². The largest absolute Gasteiger partial charge is 0.469 e. The van der Waals surface area contributed by atoms with Crippen LogP contribution in [0, 0.1) is 16.0 Å². The van der Waals surface area contributed by atoms with Crippen LogP contribution in [-0.2, 0) is 20.9 Å². The van der Waals surface area contributed by atoms with E-state index >= 15 is 0 Å². The highest BCUT2D eigenvalue weighted by Gasteiger charge is 2.57. The van der Waals surface area contributed by atoms with E-state index < -0.39 is 39.7 Å². The van der Waals surface area contributed by atoms with E-state index in [2.05, 4.69) is 5.32 Å². The van der Waals surface area contributed by atoms with Gasteiger partial charge in [-0.25, -0.2) is 4.90 Å². The van der Waals surface area contributed by atoms with Gasteiger partial charge in [-0.2, -0.15) is 0 Å². The predicted octanol–water partition coefficient (Wildman–Crippen LogP) is 3.85. The van der Waals surface area contributed by atoms with E-state index in [1.807, 2.05) is 6.07 Å². The molecule has 0 spiro atoms. The van der Waals surface area contributed by atoms with Gasteiger partial charge < -0.3 is 9.73 Å². The summed E-state index contributed by atoms with van der Waals surface area (Å²) in [6, 6.07) is 17.3. The third-order valence-electron chi connectivity index (χ3n) is 6.58. The van der Waals surface area contributed by atoms with E-state index in [1.54, 1.807) is 36.4 Å². The maximum absolute atomic E-state index is 13.7. The fraction of sp³-hybridized carbons (Fsp3) is 0.154. The van der Waals surface area contributed by atoms with Gasteiger partial charge in [0.15, 0.2) is 0 Å². The Morgan fingerprint density at radius 1 is 1.00 bits per heavy atom. The summed E-state index contributed by atoms with van der Waals surface area (Å²) in [5, 5.41) is 13.4. The van der Waals surface area contributed by atoms with Gasteiger partial charge in [0.05, 0.1) is 38.6 Å². The quantitative estimate of drug-likeness (QED) is 0.212. The molecule has 3 atom stereocenters. The Morgan fingerprint density at radius 2 is 1.74 bits per heavy atom. The molecule has 1 N–H and O–H groups in total. The average Bonchev–Trinajstić information content (AvgIpc) is 3.62. The SMILES string of the molecule is O=C(Cn1c2c(sc1=O)[C@@H](c1ccco1)[C@@H]1C(=O)N(c3ccc([N+](=O)[O-])cc3)C(=O)[C@@H]1S2)Nc1ccccc1. The van der Waals surface area contributed by atoms with Crippen LogP contribution in [0.5, 0.6) is 0 Å². The number of nitro groups is 1. The molecule has 3 amide bonds. The molecule has 13 heteroatoms. The highest BCUT2D eigenvalue weighted by Crippen LogP contribution is 2.54. The monoisotopic (exact) mass is 562 g/mol. The van der Waals surface area contributed by atoms with Gasteiger partial charge in [0.2, 0.25) is 17.7 Å². The van der Waals surface area contributed by atoms with E-state index in [0.717, 1.165) is 28.0 Å². The molecule has 0 saturated carbocycles. The van der Waals surface area contributed by atoms with Crippen molar-refractivity contribution in [1.29, 1.82) is 0 Å². The molecule has 0 bridgehead atoms. The number of fused-ring (bicyclic) bond motifs is 2. The van der Waals surface area contributed by atoms with Gasteiger partial charge in [-0.3, -0.25) is 33.9 Å². The van der Waals surface area contributed by atoms with Crippen LogP contribution in [0.1, 0.15) is 16.6 Å². The standard InChI is InChI=1S/C26H18N4O7S2/c31-18(27-14-5-2-1-3-6-14)13-28-25-22(39-26(28)34)19(17-7-4-12-37-17)20-21(38-25)24(33)29(23(20)32)15-8-10-16(11-9-15)30(35)36/h1-12,19-21H,13H2,(H,27,31)/t19-,20-,21+/m0/s1. The first-order chi connectivity index (χ1) is 18.8. The Balaban J connectivity index is 1.38. The first kappa shape index (κ1) is 24.8. The number of imide groups is 1. The summed E-state index contributed by atoms with van der Waals surface area (Å²) < 4.78 is 6.98. The van der Waals surface area contributed by atoms with Gasteiger partial charge in [-0.05, 0) is 36.4 Å². The minimum atomic E-state index is -0.896. The number of carbonyl (C=O) groups excluding carboxylic acids is 3. The number of hydrogen-bond acceptors (Lipinski definition) is 9. The molecule has 1 fully saturated rings. The molecule has 0 unspecified atom stereocenters. The van der Waals surface area contributed by atoms with Crippen molar-refractivity contribution < 1.29 is 23.7 Å². The zero-order valence-corrected chi connectivity index (χ0v) is 21.5. The number of nitrogens with zero attached hydrogens (tertiary/aromatic N) is 3. The van der Waals surface area contributed by atoms with Crippen LogP contribution >= 0.6 is 23.1 Å². The number of nitrogens with one attached hydrogen (secondary N) is 1. The molecule has 0 radical (unpaired) electrons. The molecule has 2 aliphatic heterocycles. The highest BCUT2D eigenvalue weighted by atomic mass is 32.2. The highest BCUT2D eigenvalue weighted by molar-refractivity contribution is 8.00. The third kappa shape index (κ3) is 4.25. The lowest BCUT2D eigenvalue weighted by molar-refractivity contribution is -0.384. The Morgan fingerprint density at radius 3 is 2.41 bits per heavy atom. The number of para-hydroxylation sites is 1. The van der Waals surface area contributed by atoms with Crippen molar-refractivity contribution in [3.8, 4) is 0 Å². The molecule has 4 aromatic rings. The van der Waals surface area contributed by atoms with Crippen molar-refractivity contribution >= 4 is 57.9 Å². The molecule has 6 rings (SSSR count). The molecule has 2 aliphatic rings. The summed E-state index contributed by atoms with van der Waals surface area (Å²) >= 11 is 1.99. The van der Waals surface area contributed by atoms with Crippen LogP contribution < -0.4 is 15.1 Å². The van der Waals surface area contributed by atoms with Crippen molar-refractivity contribution in [3.05, 3.63) is 103 Å². The number of carbonyl (C=O) groups is 3. The third-order valence-corrected chi connectivity index (χ3v) is 9.18. The Bertz CT molecular complexity index is 1660. The van der Waals surface area contributed by atoms with Gasteiger partial charge in [0.25, 0.3) is 5.69 Å². The maximum atomic E-state index is 13.7. The lowest BCUT2D eigenvalue weighted by atomic mass is 9.87. The lowest BCUT2D eigenvalue weighted by Crippen LogP contribution is -2.32. The Hall–Kier alpha value is -4.49. The fourth-order valence-corrected chi connectivity index (χ4v) is 7.63. The van der Waals surface area contributed by atoms with E-state index in [-0.39, 0.29) is 22.8 Å². The van der Waals surface area contributed by atoms with Crippen LogP contribution in [-0.4, -0.2) is 32.5 Å². The van der Waals surface area contributed by atoms with E-state index in [0.29, 0.717) is 21.4 Å². The zero-order chi connectivity index (χ0) is 27.3. The number of anilines is 2.